The molecule has 5 aromatic rings. The molecule has 0 unspecified atom stereocenters. The molecule has 4 aromatic heterocycles. The number of amides is 1. The molecule has 4 heterocycles. The van der Waals surface area contributed by atoms with Crippen molar-refractivity contribution in [2.24, 2.45) is 5.92 Å². The summed E-state index contributed by atoms with van der Waals surface area (Å²) in [6.07, 6.45) is 10.7. The number of nitrogens with one attached hydrogen (secondary N) is 2. The fraction of sp³-hybridized carbons (Fsp3) is 0.259. The summed E-state index contributed by atoms with van der Waals surface area (Å²) in [5, 5.41) is 18.4. The maximum atomic E-state index is 13.0. The predicted molar refractivity (Wildman–Crippen MR) is 142 cm³/mol. The lowest BCUT2D eigenvalue weighted by Gasteiger charge is -2.10. The number of benzene rings is 1. The zero-order valence-corrected chi connectivity index (χ0v) is 21.1. The molecule has 2 fully saturated rings. The molecule has 7 rings (SSSR count). The van der Waals surface area contributed by atoms with E-state index in [0.717, 1.165) is 34.7 Å². The summed E-state index contributed by atoms with van der Waals surface area (Å²) in [7, 11) is 0. The van der Waals surface area contributed by atoms with Gasteiger partial charge in [-0.1, -0.05) is 17.7 Å². The van der Waals surface area contributed by atoms with E-state index in [-0.39, 0.29) is 17.7 Å². The van der Waals surface area contributed by atoms with Crippen LogP contribution in [0.1, 0.15) is 47.9 Å². The van der Waals surface area contributed by atoms with Crippen molar-refractivity contribution in [3.05, 3.63) is 89.2 Å². The average molecular weight is 526 g/mol. The minimum Gasteiger partial charge on any atom is -0.379 e. The van der Waals surface area contributed by atoms with Gasteiger partial charge in [0.05, 0.1) is 17.9 Å². The SMILES string of the molecule is O=C(Nc1cc(NCc2cn3cc(C4CC4)ccc3n2)ccn1)[C@H]1C[C@@H]1c1cc(Cl)ccc1-n1cnnn1. The van der Waals surface area contributed by atoms with Gasteiger partial charge in [-0.15, -0.1) is 5.10 Å². The highest BCUT2D eigenvalue weighted by Crippen LogP contribution is 2.50. The van der Waals surface area contributed by atoms with Gasteiger partial charge >= 0.3 is 0 Å². The molecule has 0 bridgehead atoms. The van der Waals surface area contributed by atoms with Gasteiger partial charge in [0.1, 0.15) is 17.8 Å². The monoisotopic (exact) mass is 525 g/mol. The van der Waals surface area contributed by atoms with E-state index in [1.54, 1.807) is 16.9 Å². The molecule has 1 aromatic carbocycles. The number of anilines is 2. The van der Waals surface area contributed by atoms with Crippen molar-refractivity contribution in [3.63, 3.8) is 0 Å². The number of hydrogen-bond acceptors (Lipinski definition) is 7. The molecule has 38 heavy (non-hydrogen) atoms. The Morgan fingerprint density at radius 3 is 2.87 bits per heavy atom. The molecular formula is C27H24ClN9O. The molecule has 0 aliphatic heterocycles. The van der Waals surface area contributed by atoms with E-state index in [1.165, 1.54) is 24.7 Å². The van der Waals surface area contributed by atoms with Crippen molar-refractivity contribution >= 4 is 34.7 Å². The Balaban J connectivity index is 1.00. The molecule has 1 amide bonds. The van der Waals surface area contributed by atoms with Crippen LogP contribution in [0.2, 0.25) is 5.02 Å². The van der Waals surface area contributed by atoms with Crippen LogP contribution in [0.15, 0.2) is 67.4 Å². The number of pyridine rings is 2. The zero-order valence-electron chi connectivity index (χ0n) is 20.3. The smallest absolute Gasteiger partial charge is 0.229 e. The molecule has 2 N–H and O–H groups in total. The van der Waals surface area contributed by atoms with E-state index in [9.17, 15) is 4.79 Å². The fourth-order valence-electron chi connectivity index (χ4n) is 4.96. The van der Waals surface area contributed by atoms with Crippen LogP contribution < -0.4 is 10.6 Å². The van der Waals surface area contributed by atoms with E-state index < -0.39 is 0 Å². The topological polar surface area (TPSA) is 115 Å². The number of carbonyl (C=O) groups is 1. The number of rotatable bonds is 8. The number of tetrazole rings is 1. The van der Waals surface area contributed by atoms with Crippen LogP contribution >= 0.6 is 11.6 Å². The van der Waals surface area contributed by atoms with Gasteiger partial charge in [-0.25, -0.2) is 14.6 Å². The molecule has 11 heteroatoms. The lowest BCUT2D eigenvalue weighted by atomic mass is 10.1. The van der Waals surface area contributed by atoms with Gasteiger partial charge in [0.25, 0.3) is 0 Å². The van der Waals surface area contributed by atoms with Crippen molar-refractivity contribution in [2.45, 2.75) is 37.6 Å². The molecular weight excluding hydrogens is 502 g/mol. The quantitative estimate of drug-likeness (QED) is 0.304. The van der Waals surface area contributed by atoms with Crippen molar-refractivity contribution < 1.29 is 4.79 Å². The number of aromatic nitrogens is 7. The summed E-state index contributed by atoms with van der Waals surface area (Å²) in [6.45, 7) is 0.567. The van der Waals surface area contributed by atoms with Crippen LogP contribution in [0.3, 0.4) is 0 Å². The van der Waals surface area contributed by atoms with Gasteiger partial charge in [-0.2, -0.15) is 0 Å². The molecule has 2 aliphatic rings. The number of imidazole rings is 1. The summed E-state index contributed by atoms with van der Waals surface area (Å²) in [4.78, 5) is 22.1. The first-order chi connectivity index (χ1) is 18.6. The first-order valence-electron chi connectivity index (χ1n) is 12.6. The van der Waals surface area contributed by atoms with Crippen molar-refractivity contribution in [2.75, 3.05) is 10.6 Å². The predicted octanol–water partition coefficient (Wildman–Crippen LogP) is 4.59. The number of halogens is 1. The van der Waals surface area contributed by atoms with Crippen LogP contribution in [-0.4, -0.2) is 40.5 Å². The minimum atomic E-state index is -0.180. The highest BCUT2D eigenvalue weighted by molar-refractivity contribution is 6.30. The third kappa shape index (κ3) is 4.58. The molecule has 0 saturated heterocycles. The molecule has 10 nitrogen and oxygen atoms in total. The van der Waals surface area contributed by atoms with Gasteiger partial charge in [-0.05, 0) is 83.0 Å². The Bertz CT molecular complexity index is 1640. The van der Waals surface area contributed by atoms with Gasteiger partial charge in [0.2, 0.25) is 5.91 Å². The van der Waals surface area contributed by atoms with E-state index in [4.69, 9.17) is 16.6 Å². The van der Waals surface area contributed by atoms with Crippen LogP contribution in [0.25, 0.3) is 11.3 Å². The van der Waals surface area contributed by atoms with Gasteiger partial charge < -0.3 is 15.0 Å². The van der Waals surface area contributed by atoms with Crippen LogP contribution in [0, 0.1) is 5.92 Å². The fourth-order valence-corrected chi connectivity index (χ4v) is 5.14. The standard InChI is InChI=1S/C27H24ClN9O/c28-18-4-5-24(37-15-31-34-35-37)22(9-18)21-11-23(21)27(38)33-25-10-19(7-8-29-25)30-12-20-14-36-13-17(16-1-2-16)3-6-26(36)32-20/h3-10,13-16,21,23H,1-2,11-12H2,(H2,29,30,33,38)/t21-,23+/m1/s1. The second-order valence-corrected chi connectivity index (χ2v) is 10.3. The highest BCUT2D eigenvalue weighted by atomic mass is 35.5. The summed E-state index contributed by atoms with van der Waals surface area (Å²) >= 11 is 6.26. The molecule has 2 saturated carbocycles. The summed E-state index contributed by atoms with van der Waals surface area (Å²) in [6, 6.07) is 13.5. The highest BCUT2D eigenvalue weighted by Gasteiger charge is 2.45. The van der Waals surface area contributed by atoms with Crippen molar-refractivity contribution in [1.82, 2.24) is 34.6 Å². The largest absolute Gasteiger partial charge is 0.379 e. The third-order valence-corrected chi connectivity index (χ3v) is 7.40. The van der Waals surface area contributed by atoms with Gasteiger partial charge in [-0.3, -0.25) is 4.79 Å². The Morgan fingerprint density at radius 2 is 2.03 bits per heavy atom. The Morgan fingerprint density at radius 1 is 1.11 bits per heavy atom. The summed E-state index contributed by atoms with van der Waals surface area (Å²) < 4.78 is 3.68. The van der Waals surface area contributed by atoms with Crippen molar-refractivity contribution in [3.8, 4) is 5.69 Å². The van der Waals surface area contributed by atoms with E-state index in [2.05, 4.69) is 60.1 Å². The normalized spacial score (nSPS) is 18.4. The third-order valence-electron chi connectivity index (χ3n) is 7.17. The lowest BCUT2D eigenvalue weighted by Crippen LogP contribution is -2.16. The number of nitrogens with zero attached hydrogens (tertiary/aromatic N) is 7. The maximum Gasteiger partial charge on any atom is 0.229 e. The average Bonchev–Trinajstić information content (AvgIpc) is 3.83. The maximum absolute atomic E-state index is 13.0. The first-order valence-corrected chi connectivity index (χ1v) is 13.0. The Labute approximate surface area is 223 Å². The minimum absolute atomic E-state index is 0.0321. The summed E-state index contributed by atoms with van der Waals surface area (Å²) in [5.41, 5.74) is 5.89. The van der Waals surface area contributed by atoms with E-state index >= 15 is 0 Å². The van der Waals surface area contributed by atoms with Gasteiger partial charge in [0.15, 0.2) is 0 Å². The van der Waals surface area contributed by atoms with Gasteiger partial charge in [0, 0.05) is 41.3 Å². The Kier molecular flexibility index (Phi) is 5.54. The summed E-state index contributed by atoms with van der Waals surface area (Å²) in [5.74, 6) is 0.985. The van der Waals surface area contributed by atoms with Crippen LogP contribution in [0.4, 0.5) is 11.5 Å². The van der Waals surface area contributed by atoms with E-state index in [1.807, 2.05) is 24.3 Å². The number of hydrogen-bond donors (Lipinski definition) is 2. The number of carbonyl (C=O) groups excluding carboxylic acids is 1. The molecule has 2 aliphatic carbocycles. The van der Waals surface area contributed by atoms with E-state index in [0.29, 0.717) is 23.3 Å². The second kappa shape index (κ2) is 9.21. The van der Waals surface area contributed by atoms with Crippen LogP contribution in [-0.2, 0) is 11.3 Å². The van der Waals surface area contributed by atoms with Crippen LogP contribution in [0.5, 0.6) is 0 Å². The molecule has 0 radical (unpaired) electrons. The second-order valence-electron chi connectivity index (χ2n) is 9.91. The molecule has 2 atom stereocenters. The number of fused-ring (bicyclic) bond motifs is 1. The molecule has 0 spiro atoms. The molecule has 190 valence electrons. The Hall–Kier alpha value is -4.31. The first kappa shape index (κ1) is 22.9. The lowest BCUT2D eigenvalue weighted by molar-refractivity contribution is -0.117. The van der Waals surface area contributed by atoms with Crippen molar-refractivity contribution in [1.29, 1.82) is 0 Å². The zero-order chi connectivity index (χ0) is 25.6.